The van der Waals surface area contributed by atoms with Crippen molar-refractivity contribution >= 4 is 5.91 Å². The van der Waals surface area contributed by atoms with Crippen molar-refractivity contribution < 1.29 is 4.79 Å². The molecule has 5 nitrogen and oxygen atoms in total. The van der Waals surface area contributed by atoms with E-state index in [2.05, 4.69) is 26.9 Å². The number of hydrogen-bond acceptors (Lipinski definition) is 4. The molecule has 0 atom stereocenters. The highest BCUT2D eigenvalue weighted by atomic mass is 16.2. The predicted molar refractivity (Wildman–Crippen MR) is 91.0 cm³/mol. The van der Waals surface area contributed by atoms with Crippen molar-refractivity contribution in [2.24, 2.45) is 5.92 Å². The molecule has 1 N–H and O–H groups in total. The number of piperazine rings is 1. The van der Waals surface area contributed by atoms with E-state index < -0.39 is 0 Å². The van der Waals surface area contributed by atoms with E-state index in [1.54, 1.807) is 0 Å². The minimum absolute atomic E-state index is 0.366. The standard InChI is InChI=1S/C17H34N4O/c1-3-19-12-14-20(15-13-19)9-7-17(22)21-10-5-16(6-11-21)4-8-18-2/h16,18H,3-15H2,1-2H3. The van der Waals surface area contributed by atoms with Crippen LogP contribution < -0.4 is 5.32 Å². The first kappa shape index (κ1) is 17.7. The first-order valence-corrected chi connectivity index (χ1v) is 9.10. The highest BCUT2D eigenvalue weighted by Gasteiger charge is 2.23. The molecule has 0 aromatic carbocycles. The van der Waals surface area contributed by atoms with Crippen LogP contribution in [-0.4, -0.2) is 86.6 Å². The maximum atomic E-state index is 12.4. The van der Waals surface area contributed by atoms with Gasteiger partial charge in [-0.3, -0.25) is 4.79 Å². The molecule has 2 fully saturated rings. The third-order valence-electron chi connectivity index (χ3n) is 5.32. The summed E-state index contributed by atoms with van der Waals surface area (Å²) in [6.45, 7) is 11.9. The van der Waals surface area contributed by atoms with Gasteiger partial charge in [-0.25, -0.2) is 0 Å². The van der Waals surface area contributed by atoms with Gasteiger partial charge in [0.05, 0.1) is 0 Å². The third kappa shape index (κ3) is 5.52. The number of piperidine rings is 1. The maximum Gasteiger partial charge on any atom is 0.223 e. The lowest BCUT2D eigenvalue weighted by molar-refractivity contribution is -0.133. The van der Waals surface area contributed by atoms with Crippen molar-refractivity contribution in [1.29, 1.82) is 0 Å². The van der Waals surface area contributed by atoms with E-state index in [-0.39, 0.29) is 0 Å². The van der Waals surface area contributed by atoms with Crippen LogP contribution in [0, 0.1) is 5.92 Å². The van der Waals surface area contributed by atoms with E-state index in [9.17, 15) is 4.79 Å². The molecule has 0 radical (unpaired) electrons. The average molecular weight is 310 g/mol. The Morgan fingerprint density at radius 1 is 1.05 bits per heavy atom. The number of carbonyl (C=O) groups is 1. The number of nitrogens with zero attached hydrogens (tertiary/aromatic N) is 3. The molecule has 2 aliphatic rings. The Kier molecular flexibility index (Phi) is 7.63. The van der Waals surface area contributed by atoms with Gasteiger partial charge in [-0.15, -0.1) is 0 Å². The highest BCUT2D eigenvalue weighted by molar-refractivity contribution is 5.76. The van der Waals surface area contributed by atoms with Gasteiger partial charge in [-0.2, -0.15) is 0 Å². The van der Waals surface area contributed by atoms with Crippen molar-refractivity contribution in [3.63, 3.8) is 0 Å². The van der Waals surface area contributed by atoms with E-state index in [4.69, 9.17) is 0 Å². The lowest BCUT2D eigenvalue weighted by atomic mass is 9.93. The van der Waals surface area contributed by atoms with Crippen LogP contribution in [-0.2, 0) is 4.79 Å². The lowest BCUT2D eigenvalue weighted by Crippen LogP contribution is -2.47. The Morgan fingerprint density at radius 2 is 1.68 bits per heavy atom. The smallest absolute Gasteiger partial charge is 0.223 e. The SMILES string of the molecule is CCN1CCN(CCC(=O)N2CCC(CCNC)CC2)CC1. The minimum Gasteiger partial charge on any atom is -0.343 e. The minimum atomic E-state index is 0.366. The second-order valence-electron chi connectivity index (χ2n) is 6.74. The zero-order valence-electron chi connectivity index (χ0n) is 14.5. The van der Waals surface area contributed by atoms with Gasteiger partial charge >= 0.3 is 0 Å². The summed E-state index contributed by atoms with van der Waals surface area (Å²) >= 11 is 0. The molecule has 1 amide bonds. The number of rotatable bonds is 7. The summed E-state index contributed by atoms with van der Waals surface area (Å²) in [7, 11) is 2.01. The quantitative estimate of drug-likeness (QED) is 0.757. The second kappa shape index (κ2) is 9.48. The predicted octanol–water partition coefficient (Wildman–Crippen LogP) is 0.862. The fraction of sp³-hybridized carbons (Fsp3) is 0.941. The van der Waals surface area contributed by atoms with Crippen LogP contribution in [0.25, 0.3) is 0 Å². The molecule has 0 aromatic heterocycles. The first-order chi connectivity index (χ1) is 10.7. The van der Waals surface area contributed by atoms with Crippen LogP contribution >= 0.6 is 0 Å². The number of nitrogens with one attached hydrogen (secondary N) is 1. The summed E-state index contributed by atoms with van der Waals surface area (Å²) in [5.41, 5.74) is 0. The molecule has 0 saturated carbocycles. The fourth-order valence-electron chi connectivity index (χ4n) is 3.56. The Morgan fingerprint density at radius 3 is 2.27 bits per heavy atom. The molecule has 5 heteroatoms. The van der Waals surface area contributed by atoms with Crippen LogP contribution in [0.15, 0.2) is 0 Å². The topological polar surface area (TPSA) is 38.8 Å². The largest absolute Gasteiger partial charge is 0.343 e. The number of hydrogen-bond donors (Lipinski definition) is 1. The highest BCUT2D eigenvalue weighted by Crippen LogP contribution is 2.20. The van der Waals surface area contributed by atoms with Crippen LogP contribution in [0.5, 0.6) is 0 Å². The Bertz CT molecular complexity index is 321. The fourth-order valence-corrected chi connectivity index (χ4v) is 3.56. The van der Waals surface area contributed by atoms with Crippen molar-refractivity contribution in [1.82, 2.24) is 20.0 Å². The molecule has 2 rings (SSSR count). The first-order valence-electron chi connectivity index (χ1n) is 9.10. The van der Waals surface area contributed by atoms with Gasteiger partial charge in [0, 0.05) is 52.2 Å². The van der Waals surface area contributed by atoms with Gasteiger partial charge in [0.1, 0.15) is 0 Å². The van der Waals surface area contributed by atoms with Gasteiger partial charge in [-0.05, 0) is 45.3 Å². The van der Waals surface area contributed by atoms with E-state index in [0.29, 0.717) is 12.3 Å². The molecule has 0 aliphatic carbocycles. The third-order valence-corrected chi connectivity index (χ3v) is 5.32. The maximum absolute atomic E-state index is 12.4. The number of amides is 1. The van der Waals surface area contributed by atoms with Crippen LogP contribution in [0.2, 0.25) is 0 Å². The summed E-state index contributed by atoms with van der Waals surface area (Å²) in [6, 6.07) is 0. The van der Waals surface area contributed by atoms with Crippen LogP contribution in [0.3, 0.4) is 0 Å². The number of likely N-dealkylation sites (N-methyl/N-ethyl adjacent to an activating group) is 1. The van der Waals surface area contributed by atoms with Crippen molar-refractivity contribution in [3.8, 4) is 0 Å². The molecule has 2 aliphatic heterocycles. The van der Waals surface area contributed by atoms with Gasteiger partial charge in [0.25, 0.3) is 0 Å². The average Bonchev–Trinajstić information content (AvgIpc) is 2.58. The molecule has 2 heterocycles. The van der Waals surface area contributed by atoms with Crippen LogP contribution in [0.1, 0.15) is 32.6 Å². The van der Waals surface area contributed by atoms with E-state index in [0.717, 1.165) is 64.8 Å². The number of carbonyl (C=O) groups excluding carboxylic acids is 1. The van der Waals surface area contributed by atoms with Gasteiger partial charge in [0.2, 0.25) is 5.91 Å². The van der Waals surface area contributed by atoms with Crippen molar-refractivity contribution in [2.45, 2.75) is 32.6 Å². The summed E-state index contributed by atoms with van der Waals surface area (Å²) < 4.78 is 0. The summed E-state index contributed by atoms with van der Waals surface area (Å²) in [6.07, 6.45) is 4.32. The summed E-state index contributed by atoms with van der Waals surface area (Å²) in [5.74, 6) is 1.17. The van der Waals surface area contributed by atoms with Crippen molar-refractivity contribution in [2.75, 3.05) is 66.0 Å². The molecule has 22 heavy (non-hydrogen) atoms. The Hall–Kier alpha value is -0.650. The van der Waals surface area contributed by atoms with Gasteiger partial charge in [-0.1, -0.05) is 6.92 Å². The van der Waals surface area contributed by atoms with Gasteiger partial charge < -0.3 is 20.0 Å². The van der Waals surface area contributed by atoms with E-state index >= 15 is 0 Å². The number of likely N-dealkylation sites (tertiary alicyclic amines) is 1. The molecular formula is C17H34N4O. The Balaban J connectivity index is 1.60. The molecule has 0 spiro atoms. The normalized spacial score (nSPS) is 22.2. The summed E-state index contributed by atoms with van der Waals surface area (Å²) in [5, 5.41) is 3.22. The molecule has 2 saturated heterocycles. The Labute approximate surface area is 136 Å². The zero-order valence-corrected chi connectivity index (χ0v) is 14.5. The molecular weight excluding hydrogens is 276 g/mol. The van der Waals surface area contributed by atoms with Gasteiger partial charge in [0.15, 0.2) is 0 Å². The molecule has 0 bridgehead atoms. The zero-order chi connectivity index (χ0) is 15.8. The molecule has 128 valence electrons. The monoisotopic (exact) mass is 310 g/mol. The van der Waals surface area contributed by atoms with E-state index in [1.165, 1.54) is 19.3 Å². The van der Waals surface area contributed by atoms with Crippen molar-refractivity contribution in [3.05, 3.63) is 0 Å². The molecule has 0 aromatic rings. The lowest BCUT2D eigenvalue weighted by Gasteiger charge is -2.35. The molecule has 0 unspecified atom stereocenters. The summed E-state index contributed by atoms with van der Waals surface area (Å²) in [4.78, 5) is 19.4. The van der Waals surface area contributed by atoms with Crippen LogP contribution in [0.4, 0.5) is 0 Å². The second-order valence-corrected chi connectivity index (χ2v) is 6.74. The van der Waals surface area contributed by atoms with E-state index in [1.807, 2.05) is 7.05 Å².